The maximum Gasteiger partial charge on any atom is 0.330 e. The molecule has 0 bridgehead atoms. The number of aliphatic hydroxyl groups excluding tert-OH is 1. The summed E-state index contributed by atoms with van der Waals surface area (Å²) in [6.07, 6.45) is 11.5. The van der Waals surface area contributed by atoms with Crippen molar-refractivity contribution in [3.63, 3.8) is 0 Å². The summed E-state index contributed by atoms with van der Waals surface area (Å²) in [7, 11) is 0. The summed E-state index contributed by atoms with van der Waals surface area (Å²) < 4.78 is 22.1. The number of carbonyl (C=O) groups excluding carboxylic acids is 3. The van der Waals surface area contributed by atoms with Gasteiger partial charge in [0.25, 0.3) is 0 Å². The highest BCUT2D eigenvalue weighted by Crippen LogP contribution is 2.32. The molecule has 0 aliphatic heterocycles. The molecule has 0 spiro atoms. The summed E-state index contributed by atoms with van der Waals surface area (Å²) in [4.78, 5) is 36.1. The summed E-state index contributed by atoms with van der Waals surface area (Å²) in [6.45, 7) is 6.96. The van der Waals surface area contributed by atoms with E-state index in [0.717, 1.165) is 70.6 Å². The van der Waals surface area contributed by atoms with Gasteiger partial charge in [0.05, 0.1) is 37.3 Å². The van der Waals surface area contributed by atoms with Crippen molar-refractivity contribution in [2.24, 2.45) is 11.8 Å². The first-order valence-corrected chi connectivity index (χ1v) is 13.9. The van der Waals surface area contributed by atoms with Gasteiger partial charge >= 0.3 is 17.9 Å². The molecule has 8 heteroatoms. The Morgan fingerprint density at radius 1 is 0.806 bits per heavy atom. The van der Waals surface area contributed by atoms with E-state index < -0.39 is 12.0 Å². The van der Waals surface area contributed by atoms with Gasteiger partial charge in [-0.25, -0.2) is 4.79 Å². The molecule has 8 nitrogen and oxygen atoms in total. The highest BCUT2D eigenvalue weighted by molar-refractivity contribution is 5.81. The van der Waals surface area contributed by atoms with E-state index in [0.29, 0.717) is 39.1 Å². The van der Waals surface area contributed by atoms with E-state index in [4.69, 9.17) is 18.9 Å². The van der Waals surface area contributed by atoms with Crippen molar-refractivity contribution in [1.29, 1.82) is 0 Å². The van der Waals surface area contributed by atoms with E-state index in [2.05, 4.69) is 13.5 Å². The number of carbonyl (C=O) groups is 3. The van der Waals surface area contributed by atoms with Gasteiger partial charge in [-0.1, -0.05) is 32.8 Å². The summed E-state index contributed by atoms with van der Waals surface area (Å²) in [5.74, 6) is -1.70. The van der Waals surface area contributed by atoms with Crippen LogP contribution in [0.1, 0.15) is 96.8 Å². The first-order chi connectivity index (χ1) is 17.4. The average molecular weight is 511 g/mol. The van der Waals surface area contributed by atoms with Gasteiger partial charge in [-0.2, -0.15) is 0 Å². The van der Waals surface area contributed by atoms with Crippen LogP contribution >= 0.6 is 0 Å². The van der Waals surface area contributed by atoms with E-state index >= 15 is 0 Å². The van der Waals surface area contributed by atoms with Gasteiger partial charge in [-0.15, -0.1) is 0 Å². The van der Waals surface area contributed by atoms with Gasteiger partial charge in [0.1, 0.15) is 6.10 Å². The SMILES string of the molecule is C=CC(=O)OCCCCCCOC1CCC(C(=O)OC2CCC(O)C(C(=O)OCCCCC)C2)CC1. The summed E-state index contributed by atoms with van der Waals surface area (Å²) in [5, 5.41) is 10.3. The molecule has 3 atom stereocenters. The summed E-state index contributed by atoms with van der Waals surface area (Å²) in [6, 6.07) is 0. The van der Waals surface area contributed by atoms with Gasteiger partial charge in [0.15, 0.2) is 0 Å². The van der Waals surface area contributed by atoms with Gasteiger partial charge in [-0.3, -0.25) is 9.59 Å². The normalized spacial score (nSPS) is 26.1. The van der Waals surface area contributed by atoms with Crippen LogP contribution in [0.2, 0.25) is 0 Å². The molecule has 2 aliphatic rings. The predicted molar refractivity (Wildman–Crippen MR) is 135 cm³/mol. The van der Waals surface area contributed by atoms with Crippen molar-refractivity contribution in [3.8, 4) is 0 Å². The zero-order chi connectivity index (χ0) is 26.2. The Morgan fingerprint density at radius 2 is 1.44 bits per heavy atom. The fourth-order valence-electron chi connectivity index (χ4n) is 4.87. The lowest BCUT2D eigenvalue weighted by Crippen LogP contribution is -2.40. The largest absolute Gasteiger partial charge is 0.465 e. The lowest BCUT2D eigenvalue weighted by molar-refractivity contribution is -0.167. The Kier molecular flexibility index (Phi) is 14.7. The number of unbranched alkanes of at least 4 members (excludes halogenated alkanes) is 5. The topological polar surface area (TPSA) is 108 Å². The number of hydrogen-bond donors (Lipinski definition) is 1. The second kappa shape index (κ2) is 17.5. The second-order valence-electron chi connectivity index (χ2n) is 10.1. The van der Waals surface area contributed by atoms with Crippen molar-refractivity contribution >= 4 is 17.9 Å². The smallest absolute Gasteiger partial charge is 0.330 e. The van der Waals surface area contributed by atoms with Crippen LogP contribution in [0.4, 0.5) is 0 Å². The van der Waals surface area contributed by atoms with Crippen LogP contribution in [0.25, 0.3) is 0 Å². The van der Waals surface area contributed by atoms with Gasteiger partial charge < -0.3 is 24.1 Å². The predicted octanol–water partition coefficient (Wildman–Crippen LogP) is 4.66. The van der Waals surface area contributed by atoms with E-state index in [1.165, 1.54) is 6.08 Å². The number of esters is 3. The lowest BCUT2D eigenvalue weighted by Gasteiger charge is -2.33. The zero-order valence-corrected chi connectivity index (χ0v) is 22.0. The van der Waals surface area contributed by atoms with E-state index in [-0.39, 0.29) is 36.0 Å². The molecular weight excluding hydrogens is 464 g/mol. The number of aliphatic hydroxyl groups is 1. The van der Waals surface area contributed by atoms with Crippen molar-refractivity contribution < 1.29 is 38.4 Å². The fourth-order valence-corrected chi connectivity index (χ4v) is 4.87. The van der Waals surface area contributed by atoms with Crippen molar-refractivity contribution in [2.75, 3.05) is 19.8 Å². The Hall–Kier alpha value is -1.93. The molecule has 0 aromatic rings. The Morgan fingerprint density at radius 3 is 2.14 bits per heavy atom. The first kappa shape index (κ1) is 30.3. The molecule has 0 saturated heterocycles. The molecule has 0 aromatic heterocycles. The minimum Gasteiger partial charge on any atom is -0.465 e. The molecule has 36 heavy (non-hydrogen) atoms. The van der Waals surface area contributed by atoms with Crippen LogP contribution in [0.15, 0.2) is 12.7 Å². The molecular formula is C28H46O8. The summed E-state index contributed by atoms with van der Waals surface area (Å²) in [5.41, 5.74) is 0. The number of hydrogen-bond acceptors (Lipinski definition) is 8. The second-order valence-corrected chi connectivity index (χ2v) is 10.1. The van der Waals surface area contributed by atoms with E-state index in [9.17, 15) is 19.5 Å². The van der Waals surface area contributed by atoms with Gasteiger partial charge in [-0.05, 0) is 64.2 Å². The van der Waals surface area contributed by atoms with Gasteiger partial charge in [0, 0.05) is 19.1 Å². The van der Waals surface area contributed by atoms with Crippen molar-refractivity contribution in [3.05, 3.63) is 12.7 Å². The molecule has 1 N–H and O–H groups in total. The molecule has 2 saturated carbocycles. The molecule has 2 aliphatic carbocycles. The Bertz CT molecular complexity index is 670. The van der Waals surface area contributed by atoms with Crippen molar-refractivity contribution in [2.45, 2.75) is 115 Å². The quantitative estimate of drug-likeness (QED) is 0.138. The zero-order valence-electron chi connectivity index (χ0n) is 22.0. The Balaban J connectivity index is 1.58. The molecule has 0 radical (unpaired) electrons. The lowest BCUT2D eigenvalue weighted by atomic mass is 9.84. The highest BCUT2D eigenvalue weighted by Gasteiger charge is 2.38. The molecule has 206 valence electrons. The van der Waals surface area contributed by atoms with Gasteiger partial charge in [0.2, 0.25) is 0 Å². The molecule has 0 heterocycles. The minimum absolute atomic E-state index is 0.130. The van der Waals surface area contributed by atoms with Crippen LogP contribution in [0.3, 0.4) is 0 Å². The monoisotopic (exact) mass is 510 g/mol. The molecule has 0 aromatic carbocycles. The van der Waals surface area contributed by atoms with Crippen LogP contribution in [-0.4, -0.2) is 61.1 Å². The van der Waals surface area contributed by atoms with Crippen LogP contribution < -0.4 is 0 Å². The first-order valence-electron chi connectivity index (χ1n) is 13.9. The molecule has 0 amide bonds. The maximum absolute atomic E-state index is 12.7. The van der Waals surface area contributed by atoms with Crippen molar-refractivity contribution in [1.82, 2.24) is 0 Å². The number of ether oxygens (including phenoxy) is 4. The highest BCUT2D eigenvalue weighted by atomic mass is 16.5. The van der Waals surface area contributed by atoms with Crippen LogP contribution in [0, 0.1) is 11.8 Å². The molecule has 2 rings (SSSR count). The average Bonchev–Trinajstić information content (AvgIpc) is 2.89. The third-order valence-electron chi connectivity index (χ3n) is 7.15. The number of rotatable bonds is 16. The van der Waals surface area contributed by atoms with Crippen LogP contribution in [-0.2, 0) is 33.3 Å². The Labute approximate surface area is 216 Å². The van der Waals surface area contributed by atoms with E-state index in [1.807, 2.05) is 0 Å². The fraction of sp³-hybridized carbons (Fsp3) is 0.821. The van der Waals surface area contributed by atoms with E-state index in [1.54, 1.807) is 0 Å². The maximum atomic E-state index is 12.7. The summed E-state index contributed by atoms with van der Waals surface area (Å²) >= 11 is 0. The molecule has 3 unspecified atom stereocenters. The third-order valence-corrected chi connectivity index (χ3v) is 7.15. The third kappa shape index (κ3) is 11.4. The van der Waals surface area contributed by atoms with Crippen LogP contribution in [0.5, 0.6) is 0 Å². The molecule has 2 fully saturated rings. The standard InChI is InChI=1S/C28H46O8/c1-3-5-8-19-35-28(32)24-20-23(15-16-25(24)29)36-27(31)21-11-13-22(14-12-21)33-17-9-6-7-10-18-34-26(30)4-2/h4,21-25,29H,2-3,5-20H2,1H3. The minimum atomic E-state index is -0.735.